The molecule has 1 aromatic carbocycles. The number of ether oxygens (including phenoxy) is 2. The van der Waals surface area contributed by atoms with Crippen LogP contribution < -0.4 is 10.1 Å². The van der Waals surface area contributed by atoms with Gasteiger partial charge in [0.1, 0.15) is 11.3 Å². The van der Waals surface area contributed by atoms with Crippen molar-refractivity contribution in [3.63, 3.8) is 0 Å². The Morgan fingerprint density at radius 3 is 2.70 bits per heavy atom. The van der Waals surface area contributed by atoms with Gasteiger partial charge in [-0.1, -0.05) is 18.5 Å². The Balaban J connectivity index is 2.63. The predicted molar refractivity (Wildman–Crippen MR) is 76.2 cm³/mol. The van der Waals surface area contributed by atoms with E-state index in [0.29, 0.717) is 10.8 Å². The fourth-order valence-electron chi connectivity index (χ4n) is 1.47. The summed E-state index contributed by atoms with van der Waals surface area (Å²) in [5.74, 6) is -0.640. The standard InChI is InChI=1S/C14H18ClNO4/c1-4-9(2)16-13(17)8-20-14(18)11-7-10(15)5-6-12(11)19-3/h5-7,9H,4,8H2,1-3H3,(H,16,17)/t9-/m1/s1. The van der Waals surface area contributed by atoms with Crippen LogP contribution in [-0.4, -0.2) is 31.6 Å². The van der Waals surface area contributed by atoms with Crippen LogP contribution in [0.4, 0.5) is 0 Å². The maximum atomic E-state index is 11.9. The van der Waals surface area contributed by atoms with Crippen LogP contribution in [0.3, 0.4) is 0 Å². The summed E-state index contributed by atoms with van der Waals surface area (Å²) < 4.78 is 9.99. The topological polar surface area (TPSA) is 64.6 Å². The molecule has 1 amide bonds. The van der Waals surface area contributed by atoms with E-state index in [0.717, 1.165) is 6.42 Å². The Labute approximate surface area is 123 Å². The number of rotatable bonds is 6. The summed E-state index contributed by atoms with van der Waals surface area (Å²) in [6.07, 6.45) is 0.807. The van der Waals surface area contributed by atoms with Gasteiger partial charge in [0.25, 0.3) is 5.91 Å². The number of esters is 1. The summed E-state index contributed by atoms with van der Waals surface area (Å²) in [4.78, 5) is 23.4. The monoisotopic (exact) mass is 299 g/mol. The van der Waals surface area contributed by atoms with Crippen molar-refractivity contribution >= 4 is 23.5 Å². The van der Waals surface area contributed by atoms with E-state index in [1.807, 2.05) is 13.8 Å². The minimum atomic E-state index is -0.649. The molecule has 0 aromatic heterocycles. The maximum absolute atomic E-state index is 11.9. The molecule has 0 aliphatic carbocycles. The van der Waals surface area contributed by atoms with E-state index in [9.17, 15) is 9.59 Å². The number of hydrogen-bond acceptors (Lipinski definition) is 4. The zero-order chi connectivity index (χ0) is 15.1. The van der Waals surface area contributed by atoms with E-state index in [1.54, 1.807) is 12.1 Å². The minimum Gasteiger partial charge on any atom is -0.496 e. The lowest BCUT2D eigenvalue weighted by Gasteiger charge is -2.12. The van der Waals surface area contributed by atoms with Crippen molar-refractivity contribution in [3.8, 4) is 5.75 Å². The molecule has 0 saturated heterocycles. The van der Waals surface area contributed by atoms with Gasteiger partial charge in [0.2, 0.25) is 0 Å². The van der Waals surface area contributed by atoms with E-state index in [2.05, 4.69) is 5.32 Å². The largest absolute Gasteiger partial charge is 0.496 e. The summed E-state index contributed by atoms with van der Waals surface area (Å²) in [5, 5.41) is 3.09. The number of hydrogen-bond donors (Lipinski definition) is 1. The highest BCUT2D eigenvalue weighted by Crippen LogP contribution is 2.23. The van der Waals surface area contributed by atoms with Gasteiger partial charge in [-0.25, -0.2) is 4.79 Å². The van der Waals surface area contributed by atoms with Crippen molar-refractivity contribution in [1.29, 1.82) is 0 Å². The second-order valence-corrected chi connectivity index (χ2v) is 4.73. The van der Waals surface area contributed by atoms with Crippen LogP contribution in [0.25, 0.3) is 0 Å². The SMILES string of the molecule is CC[C@@H](C)NC(=O)COC(=O)c1cc(Cl)ccc1OC. The highest BCUT2D eigenvalue weighted by molar-refractivity contribution is 6.31. The molecule has 0 spiro atoms. The first-order valence-electron chi connectivity index (χ1n) is 6.28. The normalized spacial score (nSPS) is 11.6. The van der Waals surface area contributed by atoms with Gasteiger partial charge in [0.15, 0.2) is 6.61 Å². The predicted octanol–water partition coefficient (Wildman–Crippen LogP) is 2.42. The van der Waals surface area contributed by atoms with Crippen LogP contribution in [0.2, 0.25) is 5.02 Å². The van der Waals surface area contributed by atoms with Crippen LogP contribution in [0.5, 0.6) is 5.75 Å². The molecule has 110 valence electrons. The molecule has 1 rings (SSSR count). The van der Waals surface area contributed by atoms with Crippen LogP contribution in [0.15, 0.2) is 18.2 Å². The quantitative estimate of drug-likeness (QED) is 0.819. The molecule has 20 heavy (non-hydrogen) atoms. The summed E-state index contributed by atoms with van der Waals surface area (Å²) in [5.41, 5.74) is 0.191. The Hall–Kier alpha value is -1.75. The molecular formula is C14H18ClNO4. The van der Waals surface area contributed by atoms with Crippen LogP contribution >= 0.6 is 11.6 Å². The third-order valence-electron chi connectivity index (χ3n) is 2.74. The number of carbonyl (C=O) groups excluding carboxylic acids is 2. The Bertz CT molecular complexity index is 490. The molecule has 0 radical (unpaired) electrons. The lowest BCUT2D eigenvalue weighted by atomic mass is 10.2. The fourth-order valence-corrected chi connectivity index (χ4v) is 1.64. The van der Waals surface area contributed by atoms with Gasteiger partial charge in [-0.3, -0.25) is 4.79 Å². The summed E-state index contributed by atoms with van der Waals surface area (Å²) >= 11 is 5.83. The van der Waals surface area contributed by atoms with Crippen molar-refractivity contribution in [1.82, 2.24) is 5.32 Å². The third kappa shape index (κ3) is 4.74. The number of carbonyl (C=O) groups is 2. The minimum absolute atomic E-state index is 0.0434. The Kier molecular flexibility index (Phi) is 6.31. The number of halogens is 1. The number of benzene rings is 1. The zero-order valence-electron chi connectivity index (χ0n) is 11.7. The summed E-state index contributed by atoms with van der Waals surface area (Å²) in [6, 6.07) is 4.65. The molecule has 1 aromatic rings. The number of nitrogens with one attached hydrogen (secondary N) is 1. The molecule has 0 bridgehead atoms. The summed E-state index contributed by atoms with van der Waals surface area (Å²) in [6.45, 7) is 3.49. The van der Waals surface area contributed by atoms with Gasteiger partial charge in [0, 0.05) is 11.1 Å². The molecule has 6 heteroatoms. The van der Waals surface area contributed by atoms with Gasteiger partial charge in [0.05, 0.1) is 7.11 Å². The van der Waals surface area contributed by atoms with Gasteiger partial charge >= 0.3 is 5.97 Å². The third-order valence-corrected chi connectivity index (χ3v) is 2.97. The van der Waals surface area contributed by atoms with Crippen molar-refractivity contribution in [2.75, 3.05) is 13.7 Å². The smallest absolute Gasteiger partial charge is 0.342 e. The van der Waals surface area contributed by atoms with Crippen LogP contribution in [0, 0.1) is 0 Å². The molecule has 0 saturated carbocycles. The van der Waals surface area contributed by atoms with E-state index in [-0.39, 0.29) is 24.1 Å². The second kappa shape index (κ2) is 7.75. The number of amides is 1. The lowest BCUT2D eigenvalue weighted by molar-refractivity contribution is -0.124. The zero-order valence-corrected chi connectivity index (χ0v) is 12.5. The highest BCUT2D eigenvalue weighted by atomic mass is 35.5. The molecule has 0 fully saturated rings. The highest BCUT2D eigenvalue weighted by Gasteiger charge is 2.16. The molecule has 0 heterocycles. The van der Waals surface area contributed by atoms with Crippen LogP contribution in [0.1, 0.15) is 30.6 Å². The first-order valence-corrected chi connectivity index (χ1v) is 6.65. The van der Waals surface area contributed by atoms with E-state index < -0.39 is 5.97 Å². The molecule has 0 unspecified atom stereocenters. The van der Waals surface area contributed by atoms with E-state index in [1.165, 1.54) is 13.2 Å². The van der Waals surface area contributed by atoms with E-state index >= 15 is 0 Å². The Morgan fingerprint density at radius 2 is 2.10 bits per heavy atom. The van der Waals surface area contributed by atoms with Gasteiger partial charge in [-0.2, -0.15) is 0 Å². The van der Waals surface area contributed by atoms with Crippen molar-refractivity contribution in [2.45, 2.75) is 26.3 Å². The average Bonchev–Trinajstić information content (AvgIpc) is 2.44. The molecule has 1 N–H and O–H groups in total. The Morgan fingerprint density at radius 1 is 1.40 bits per heavy atom. The van der Waals surface area contributed by atoms with Crippen molar-refractivity contribution in [2.24, 2.45) is 0 Å². The first-order chi connectivity index (χ1) is 9.47. The molecule has 0 aliphatic heterocycles. The van der Waals surface area contributed by atoms with Crippen LogP contribution in [-0.2, 0) is 9.53 Å². The fraction of sp³-hybridized carbons (Fsp3) is 0.429. The molecule has 1 atom stereocenters. The maximum Gasteiger partial charge on any atom is 0.342 e. The van der Waals surface area contributed by atoms with Crippen molar-refractivity contribution in [3.05, 3.63) is 28.8 Å². The molecule has 5 nitrogen and oxygen atoms in total. The van der Waals surface area contributed by atoms with Gasteiger partial charge < -0.3 is 14.8 Å². The second-order valence-electron chi connectivity index (χ2n) is 4.30. The first kappa shape index (κ1) is 16.3. The average molecular weight is 300 g/mol. The van der Waals surface area contributed by atoms with Gasteiger partial charge in [-0.15, -0.1) is 0 Å². The number of methoxy groups -OCH3 is 1. The molecular weight excluding hydrogens is 282 g/mol. The van der Waals surface area contributed by atoms with Crippen molar-refractivity contribution < 1.29 is 19.1 Å². The lowest BCUT2D eigenvalue weighted by Crippen LogP contribution is -2.35. The van der Waals surface area contributed by atoms with Gasteiger partial charge in [-0.05, 0) is 31.5 Å². The van der Waals surface area contributed by atoms with E-state index in [4.69, 9.17) is 21.1 Å². The molecule has 0 aliphatic rings. The summed E-state index contributed by atoms with van der Waals surface area (Å²) in [7, 11) is 1.44.